The van der Waals surface area contributed by atoms with Crippen LogP contribution < -0.4 is 0 Å². The lowest BCUT2D eigenvalue weighted by Crippen LogP contribution is -2.23. The van der Waals surface area contributed by atoms with Crippen molar-refractivity contribution in [1.29, 1.82) is 0 Å². The molecule has 2 aliphatic rings. The first-order valence-electron chi connectivity index (χ1n) is 7.82. The lowest BCUT2D eigenvalue weighted by molar-refractivity contribution is -0.121. The largest absolute Gasteiger partial charge is 0.376 e. The van der Waals surface area contributed by atoms with E-state index in [1.165, 1.54) is 23.1 Å². The second-order valence-corrected chi connectivity index (χ2v) is 5.98. The van der Waals surface area contributed by atoms with E-state index >= 15 is 0 Å². The molecule has 0 amide bonds. The highest BCUT2D eigenvalue weighted by molar-refractivity contribution is 6.00. The van der Waals surface area contributed by atoms with Crippen LogP contribution in [0.5, 0.6) is 0 Å². The topological polar surface area (TPSA) is 26.3 Å². The minimum absolute atomic E-state index is 0.272. The highest BCUT2D eigenvalue weighted by Crippen LogP contribution is 2.31. The standard InChI is InChI=1S/C18H26O2/c1-4-13(2)17(18(19)15-6-5-7-15)9-8-16-12-20-11-10-14(16)3/h8-9,15H,4-7,10-12H2,1-3H3/b9-8-,17-13+. The third-order valence-electron chi connectivity index (χ3n) is 4.61. The van der Waals surface area contributed by atoms with E-state index in [0.29, 0.717) is 12.4 Å². The number of hydrogen-bond acceptors (Lipinski definition) is 2. The minimum Gasteiger partial charge on any atom is -0.376 e. The average Bonchev–Trinajstić information content (AvgIpc) is 2.38. The molecule has 0 aromatic rings. The van der Waals surface area contributed by atoms with Gasteiger partial charge in [-0.1, -0.05) is 36.6 Å². The maximum Gasteiger partial charge on any atom is 0.165 e. The van der Waals surface area contributed by atoms with Crippen molar-refractivity contribution in [3.63, 3.8) is 0 Å². The highest BCUT2D eigenvalue weighted by Gasteiger charge is 2.27. The number of ketones is 1. The summed E-state index contributed by atoms with van der Waals surface area (Å²) in [5, 5.41) is 0. The van der Waals surface area contributed by atoms with E-state index in [1.54, 1.807) is 0 Å². The molecule has 20 heavy (non-hydrogen) atoms. The molecule has 110 valence electrons. The lowest BCUT2D eigenvalue weighted by atomic mass is 9.78. The maximum atomic E-state index is 12.5. The Hall–Kier alpha value is -1.15. The van der Waals surface area contributed by atoms with Gasteiger partial charge in [-0.05, 0) is 45.1 Å². The monoisotopic (exact) mass is 274 g/mol. The first-order valence-corrected chi connectivity index (χ1v) is 7.82. The number of rotatable bonds is 5. The van der Waals surface area contributed by atoms with E-state index in [0.717, 1.165) is 37.9 Å². The molecule has 1 fully saturated rings. The number of carbonyl (C=O) groups is 1. The zero-order chi connectivity index (χ0) is 14.5. The van der Waals surface area contributed by atoms with Gasteiger partial charge in [0.25, 0.3) is 0 Å². The van der Waals surface area contributed by atoms with Crippen LogP contribution in [0.3, 0.4) is 0 Å². The molecule has 0 bridgehead atoms. The van der Waals surface area contributed by atoms with Gasteiger partial charge in [0.05, 0.1) is 13.2 Å². The smallest absolute Gasteiger partial charge is 0.165 e. The van der Waals surface area contributed by atoms with E-state index in [2.05, 4.69) is 26.8 Å². The van der Waals surface area contributed by atoms with Gasteiger partial charge >= 0.3 is 0 Å². The Bertz CT molecular complexity index is 462. The summed E-state index contributed by atoms with van der Waals surface area (Å²) in [6.45, 7) is 7.85. The van der Waals surface area contributed by atoms with Crippen LogP contribution in [0, 0.1) is 5.92 Å². The predicted octanol–water partition coefficient (Wildman–Crippen LogP) is 4.38. The molecule has 0 atom stereocenters. The average molecular weight is 274 g/mol. The molecule has 0 unspecified atom stereocenters. The van der Waals surface area contributed by atoms with Crippen molar-refractivity contribution in [2.75, 3.05) is 13.2 Å². The highest BCUT2D eigenvalue weighted by atomic mass is 16.5. The number of Topliss-reactive ketones (excluding diaryl/α,β-unsaturated/α-hetero) is 1. The SMILES string of the molecule is CC/C(C)=C(\C=C/C1=C(C)CCOC1)C(=O)C1CCC1. The summed E-state index contributed by atoms with van der Waals surface area (Å²) in [5.74, 6) is 0.621. The molecule has 0 aromatic heterocycles. The van der Waals surface area contributed by atoms with Crippen LogP contribution >= 0.6 is 0 Å². The molecule has 0 saturated heterocycles. The summed E-state index contributed by atoms with van der Waals surface area (Å²) in [4.78, 5) is 12.5. The molecule has 1 saturated carbocycles. The van der Waals surface area contributed by atoms with Crippen molar-refractivity contribution >= 4 is 5.78 Å². The fourth-order valence-electron chi connectivity index (χ4n) is 2.58. The van der Waals surface area contributed by atoms with Crippen LogP contribution in [0.25, 0.3) is 0 Å². The number of carbonyl (C=O) groups excluding carboxylic acids is 1. The van der Waals surface area contributed by atoms with Crippen molar-refractivity contribution in [3.8, 4) is 0 Å². The van der Waals surface area contributed by atoms with Gasteiger partial charge in [-0.25, -0.2) is 0 Å². The Balaban J connectivity index is 2.18. The molecule has 0 spiro atoms. The third kappa shape index (κ3) is 3.49. The van der Waals surface area contributed by atoms with Crippen molar-refractivity contribution in [1.82, 2.24) is 0 Å². The summed E-state index contributed by atoms with van der Waals surface area (Å²) >= 11 is 0. The van der Waals surface area contributed by atoms with E-state index in [1.807, 2.05) is 6.08 Å². The summed E-state index contributed by atoms with van der Waals surface area (Å²) in [6.07, 6.45) is 9.41. The molecule has 1 heterocycles. The summed E-state index contributed by atoms with van der Waals surface area (Å²) in [7, 11) is 0. The van der Waals surface area contributed by atoms with Gasteiger partial charge in [0, 0.05) is 11.5 Å². The van der Waals surface area contributed by atoms with Crippen LogP contribution in [0.1, 0.15) is 52.9 Å². The van der Waals surface area contributed by atoms with Crippen LogP contribution in [-0.2, 0) is 9.53 Å². The molecular weight excluding hydrogens is 248 g/mol. The fourth-order valence-corrected chi connectivity index (χ4v) is 2.58. The van der Waals surface area contributed by atoms with Gasteiger partial charge in [0.1, 0.15) is 0 Å². The van der Waals surface area contributed by atoms with Gasteiger partial charge in [-0.2, -0.15) is 0 Å². The normalized spacial score (nSPS) is 21.9. The molecule has 0 N–H and O–H groups in total. The van der Waals surface area contributed by atoms with Gasteiger partial charge in [-0.3, -0.25) is 4.79 Å². The van der Waals surface area contributed by atoms with Crippen molar-refractivity contribution in [2.24, 2.45) is 5.92 Å². The van der Waals surface area contributed by atoms with E-state index < -0.39 is 0 Å². The fraction of sp³-hybridized carbons (Fsp3) is 0.611. The summed E-state index contributed by atoms with van der Waals surface area (Å²) < 4.78 is 5.50. The second-order valence-electron chi connectivity index (χ2n) is 5.98. The Labute approximate surface area is 122 Å². The Morgan fingerprint density at radius 2 is 2.15 bits per heavy atom. The molecule has 0 aromatic carbocycles. The van der Waals surface area contributed by atoms with Crippen molar-refractivity contribution < 1.29 is 9.53 Å². The Morgan fingerprint density at radius 3 is 2.70 bits per heavy atom. The van der Waals surface area contributed by atoms with Crippen molar-refractivity contribution in [2.45, 2.75) is 52.9 Å². The van der Waals surface area contributed by atoms with Crippen LogP contribution in [0.4, 0.5) is 0 Å². The van der Waals surface area contributed by atoms with Crippen LogP contribution in [0.15, 0.2) is 34.4 Å². The molecule has 2 rings (SSSR count). The number of allylic oxidation sites excluding steroid dienone is 3. The first-order chi connectivity index (χ1) is 9.63. The predicted molar refractivity (Wildman–Crippen MR) is 82.6 cm³/mol. The number of ether oxygens (including phenoxy) is 1. The van der Waals surface area contributed by atoms with Gasteiger partial charge in [0.15, 0.2) is 5.78 Å². The number of hydrogen-bond donors (Lipinski definition) is 0. The molecular formula is C18H26O2. The Kier molecular flexibility index (Phi) is 5.36. The Morgan fingerprint density at radius 1 is 1.40 bits per heavy atom. The molecule has 0 radical (unpaired) electrons. The van der Waals surface area contributed by atoms with Crippen LogP contribution in [-0.4, -0.2) is 19.0 Å². The zero-order valence-electron chi connectivity index (χ0n) is 13.0. The lowest BCUT2D eigenvalue weighted by Gasteiger charge is -2.25. The quantitative estimate of drug-likeness (QED) is 0.549. The molecule has 2 nitrogen and oxygen atoms in total. The van der Waals surface area contributed by atoms with Crippen molar-refractivity contribution in [3.05, 3.63) is 34.4 Å². The van der Waals surface area contributed by atoms with Gasteiger partial charge in [-0.15, -0.1) is 0 Å². The second kappa shape index (κ2) is 7.03. The first kappa shape index (κ1) is 15.2. The summed E-state index contributed by atoms with van der Waals surface area (Å²) in [5.41, 5.74) is 4.76. The third-order valence-corrected chi connectivity index (χ3v) is 4.61. The van der Waals surface area contributed by atoms with E-state index in [9.17, 15) is 4.79 Å². The maximum absolute atomic E-state index is 12.5. The minimum atomic E-state index is 0.272. The van der Waals surface area contributed by atoms with E-state index in [-0.39, 0.29) is 5.92 Å². The van der Waals surface area contributed by atoms with Crippen LogP contribution in [0.2, 0.25) is 0 Å². The molecule has 1 aliphatic heterocycles. The molecule has 1 aliphatic carbocycles. The summed E-state index contributed by atoms with van der Waals surface area (Å²) in [6, 6.07) is 0. The molecule has 2 heteroatoms. The van der Waals surface area contributed by atoms with Gasteiger partial charge in [0.2, 0.25) is 0 Å². The zero-order valence-corrected chi connectivity index (χ0v) is 13.0. The van der Waals surface area contributed by atoms with E-state index in [4.69, 9.17) is 4.74 Å². The van der Waals surface area contributed by atoms with Gasteiger partial charge < -0.3 is 4.74 Å².